The van der Waals surface area contributed by atoms with Gasteiger partial charge < -0.3 is 15.1 Å². The highest BCUT2D eigenvalue weighted by atomic mass is 19.4. The quantitative estimate of drug-likeness (QED) is 0.234. The maximum absolute atomic E-state index is 14.7. The number of halogens is 4. The summed E-state index contributed by atoms with van der Waals surface area (Å²) in [5, 5.41) is 3.82. The molecule has 2 aliphatic heterocycles. The predicted molar refractivity (Wildman–Crippen MR) is 156 cm³/mol. The molecule has 1 atom stereocenters. The molecule has 2 aliphatic rings. The summed E-state index contributed by atoms with van der Waals surface area (Å²) in [7, 11) is 0. The van der Waals surface area contributed by atoms with Crippen molar-refractivity contribution in [3.63, 3.8) is 0 Å². The number of carbonyl (C=O) groups is 1. The van der Waals surface area contributed by atoms with Crippen LogP contribution in [0, 0.1) is 5.82 Å². The minimum absolute atomic E-state index is 0.0904. The van der Waals surface area contributed by atoms with Gasteiger partial charge in [-0.25, -0.2) is 9.37 Å². The van der Waals surface area contributed by atoms with Crippen LogP contribution in [0.4, 0.5) is 23.4 Å². The number of pyridine rings is 1. The number of alkyl halides is 3. The molecule has 0 spiro atoms. The van der Waals surface area contributed by atoms with E-state index in [2.05, 4.69) is 10.2 Å². The van der Waals surface area contributed by atoms with Crippen LogP contribution in [0.1, 0.15) is 47.2 Å². The van der Waals surface area contributed by atoms with Crippen molar-refractivity contribution >= 4 is 22.6 Å². The van der Waals surface area contributed by atoms with Gasteiger partial charge in [0.25, 0.3) is 5.91 Å². The fraction of sp³-hybridized carbons (Fsp3) is 0.333. The average Bonchev–Trinajstić information content (AvgIpc) is 3.68. The van der Waals surface area contributed by atoms with Crippen molar-refractivity contribution in [2.24, 2.45) is 0 Å². The fourth-order valence-electron chi connectivity index (χ4n) is 6.07. The van der Waals surface area contributed by atoms with Crippen molar-refractivity contribution in [1.29, 1.82) is 0 Å². The lowest BCUT2D eigenvalue weighted by atomic mass is 9.99. The highest BCUT2D eigenvalue weighted by molar-refractivity contribution is 6.08. The van der Waals surface area contributed by atoms with Gasteiger partial charge in [0.05, 0.1) is 16.6 Å². The van der Waals surface area contributed by atoms with Crippen molar-refractivity contribution < 1.29 is 22.4 Å². The Morgan fingerprint density at radius 1 is 0.929 bits per heavy atom. The van der Waals surface area contributed by atoms with Gasteiger partial charge in [-0.05, 0) is 86.3 Å². The fourth-order valence-corrected chi connectivity index (χ4v) is 6.07. The summed E-state index contributed by atoms with van der Waals surface area (Å²) in [6, 6.07) is 18.7. The molecule has 5 nitrogen and oxygen atoms in total. The van der Waals surface area contributed by atoms with Crippen LogP contribution in [0.25, 0.3) is 22.0 Å². The second-order valence-corrected chi connectivity index (χ2v) is 11.1. The number of fused-ring (bicyclic) bond motifs is 1. The Hall–Kier alpha value is -3.98. The molecule has 3 heterocycles. The molecule has 0 unspecified atom stereocenters. The first-order valence-electron chi connectivity index (χ1n) is 14.4. The molecular formula is C33H32F4N4O. The van der Waals surface area contributed by atoms with Crippen LogP contribution in [0.5, 0.6) is 0 Å². The molecule has 6 rings (SSSR count). The van der Waals surface area contributed by atoms with E-state index in [1.807, 2.05) is 11.0 Å². The standard InChI is InChI=1S/C33H32F4N4O/c34-29-8-2-1-7-26(29)23-11-14-30-27(18-23)28(32(42)41-17-5-6-25(41)21-40-15-3-4-16-40)19-31(39-30)38-20-22-9-12-24(13-10-22)33(35,36)37/h1-2,7-14,18-19,25H,3-6,15-17,20-21H2,(H,38,39)/t25-/m0/s1. The topological polar surface area (TPSA) is 48.5 Å². The first-order valence-corrected chi connectivity index (χ1v) is 14.4. The number of rotatable bonds is 7. The van der Waals surface area contributed by atoms with E-state index in [1.165, 1.54) is 31.0 Å². The normalized spacial score (nSPS) is 17.7. The van der Waals surface area contributed by atoms with Crippen LogP contribution in [-0.2, 0) is 12.7 Å². The minimum Gasteiger partial charge on any atom is -0.366 e. The number of nitrogens with zero attached hydrogens (tertiary/aromatic N) is 3. The number of benzene rings is 3. The van der Waals surface area contributed by atoms with Gasteiger partial charge in [0.2, 0.25) is 0 Å². The van der Waals surface area contributed by atoms with Gasteiger partial charge in [-0.1, -0.05) is 36.4 Å². The lowest BCUT2D eigenvalue weighted by Gasteiger charge is -2.29. The summed E-state index contributed by atoms with van der Waals surface area (Å²) in [5.41, 5.74) is 2.08. The third-order valence-corrected chi connectivity index (χ3v) is 8.28. The smallest absolute Gasteiger partial charge is 0.366 e. The molecule has 42 heavy (non-hydrogen) atoms. The van der Waals surface area contributed by atoms with E-state index in [9.17, 15) is 22.4 Å². The van der Waals surface area contributed by atoms with E-state index >= 15 is 0 Å². The van der Waals surface area contributed by atoms with Crippen LogP contribution in [0.2, 0.25) is 0 Å². The molecule has 1 N–H and O–H groups in total. The summed E-state index contributed by atoms with van der Waals surface area (Å²) >= 11 is 0. The maximum Gasteiger partial charge on any atom is 0.416 e. The molecule has 1 amide bonds. The molecule has 9 heteroatoms. The molecule has 0 radical (unpaired) electrons. The number of likely N-dealkylation sites (tertiary alicyclic amines) is 2. The van der Waals surface area contributed by atoms with Crippen molar-refractivity contribution in [3.8, 4) is 11.1 Å². The SMILES string of the molecule is O=C(c1cc(NCc2ccc(C(F)(F)F)cc2)nc2ccc(-c3ccccc3F)cc12)N1CCC[C@H]1CN1CCCC1. The number of nitrogens with one attached hydrogen (secondary N) is 1. The number of amides is 1. The first kappa shape index (κ1) is 28.2. The maximum atomic E-state index is 14.7. The van der Waals surface area contributed by atoms with Crippen LogP contribution in [0.15, 0.2) is 72.8 Å². The van der Waals surface area contributed by atoms with Crippen LogP contribution in [-0.4, -0.2) is 52.9 Å². The minimum atomic E-state index is -4.40. The number of aromatic nitrogens is 1. The van der Waals surface area contributed by atoms with Gasteiger partial charge in [0.15, 0.2) is 0 Å². The van der Waals surface area contributed by atoms with Gasteiger partial charge >= 0.3 is 6.18 Å². The third kappa shape index (κ3) is 5.97. The summed E-state index contributed by atoms with van der Waals surface area (Å²) in [5.74, 6) is 0.00442. The molecule has 0 aliphatic carbocycles. The van der Waals surface area contributed by atoms with Gasteiger partial charge in [0.1, 0.15) is 11.6 Å². The van der Waals surface area contributed by atoms with Crippen molar-refractivity contribution in [2.75, 3.05) is 31.5 Å². The zero-order chi connectivity index (χ0) is 29.3. The van der Waals surface area contributed by atoms with Crippen molar-refractivity contribution in [1.82, 2.24) is 14.8 Å². The molecule has 4 aromatic rings. The lowest BCUT2D eigenvalue weighted by Crippen LogP contribution is -2.42. The Morgan fingerprint density at radius 3 is 2.43 bits per heavy atom. The zero-order valence-corrected chi connectivity index (χ0v) is 23.1. The van der Waals surface area contributed by atoms with E-state index in [1.54, 1.807) is 36.4 Å². The molecule has 0 saturated carbocycles. The number of hydrogen-bond acceptors (Lipinski definition) is 4. The Kier molecular flexibility index (Phi) is 7.86. The predicted octanol–water partition coefficient (Wildman–Crippen LogP) is 7.37. The lowest BCUT2D eigenvalue weighted by molar-refractivity contribution is -0.137. The zero-order valence-electron chi connectivity index (χ0n) is 23.1. The highest BCUT2D eigenvalue weighted by Crippen LogP contribution is 2.32. The van der Waals surface area contributed by atoms with Crippen LogP contribution >= 0.6 is 0 Å². The van der Waals surface area contributed by atoms with Gasteiger partial charge in [-0.3, -0.25) is 4.79 Å². The molecule has 1 aromatic heterocycles. The van der Waals surface area contributed by atoms with E-state index < -0.39 is 11.7 Å². The highest BCUT2D eigenvalue weighted by Gasteiger charge is 2.33. The molecule has 3 aromatic carbocycles. The Morgan fingerprint density at radius 2 is 1.69 bits per heavy atom. The Labute approximate surface area is 242 Å². The third-order valence-electron chi connectivity index (χ3n) is 8.28. The molecular weight excluding hydrogens is 544 g/mol. The van der Waals surface area contributed by atoms with Crippen LogP contribution < -0.4 is 5.32 Å². The Balaban J connectivity index is 1.34. The molecule has 2 saturated heterocycles. The monoisotopic (exact) mass is 576 g/mol. The van der Waals surface area contributed by atoms with Gasteiger partial charge in [-0.2, -0.15) is 13.2 Å². The summed E-state index contributed by atoms with van der Waals surface area (Å²) in [6.07, 6.45) is -0.146. The molecule has 2 fully saturated rings. The molecule has 0 bridgehead atoms. The van der Waals surface area contributed by atoms with E-state index in [-0.39, 0.29) is 24.3 Å². The first-order chi connectivity index (χ1) is 20.3. The van der Waals surface area contributed by atoms with Crippen molar-refractivity contribution in [2.45, 2.75) is 44.4 Å². The summed E-state index contributed by atoms with van der Waals surface area (Å²) < 4.78 is 53.6. The largest absolute Gasteiger partial charge is 0.416 e. The van der Waals surface area contributed by atoms with E-state index in [0.29, 0.717) is 45.5 Å². The van der Waals surface area contributed by atoms with Crippen LogP contribution in [0.3, 0.4) is 0 Å². The summed E-state index contributed by atoms with van der Waals surface area (Å²) in [6.45, 7) is 3.87. The van der Waals surface area contributed by atoms with Crippen molar-refractivity contribution in [3.05, 3.63) is 95.3 Å². The Bertz CT molecular complexity index is 1580. The number of carbonyl (C=O) groups excluding carboxylic acids is 1. The average molecular weight is 577 g/mol. The van der Waals surface area contributed by atoms with E-state index in [0.717, 1.165) is 44.6 Å². The second kappa shape index (κ2) is 11.7. The van der Waals surface area contributed by atoms with Gasteiger partial charge in [0, 0.05) is 36.6 Å². The van der Waals surface area contributed by atoms with E-state index in [4.69, 9.17) is 4.98 Å². The molecule has 218 valence electrons. The number of anilines is 1. The number of hydrogen-bond donors (Lipinski definition) is 1. The second-order valence-electron chi connectivity index (χ2n) is 11.1. The summed E-state index contributed by atoms with van der Waals surface area (Å²) in [4.78, 5) is 23.3. The van der Waals surface area contributed by atoms with Gasteiger partial charge in [-0.15, -0.1) is 0 Å².